The lowest BCUT2D eigenvalue weighted by Gasteiger charge is -2.11. The Kier molecular flexibility index (Phi) is 6.92. The molecule has 2 aromatic carbocycles. The van der Waals surface area contributed by atoms with Crippen LogP contribution in [0.25, 0.3) is 0 Å². The van der Waals surface area contributed by atoms with Gasteiger partial charge in [0.15, 0.2) is 6.61 Å². The highest BCUT2D eigenvalue weighted by Gasteiger charge is 2.07. The van der Waals surface area contributed by atoms with Crippen LogP contribution in [-0.2, 0) is 4.79 Å². The highest BCUT2D eigenvalue weighted by atomic mass is 19.1. The van der Waals surface area contributed by atoms with Gasteiger partial charge in [0.25, 0.3) is 5.91 Å². The molecule has 1 amide bonds. The molecule has 0 aliphatic rings. The summed E-state index contributed by atoms with van der Waals surface area (Å²) in [4.78, 5) is 25.3. The van der Waals surface area contributed by atoms with E-state index in [0.717, 1.165) is 11.3 Å². The molecule has 0 bridgehead atoms. The van der Waals surface area contributed by atoms with E-state index in [0.29, 0.717) is 34.7 Å². The zero-order valence-electron chi connectivity index (χ0n) is 18.7. The van der Waals surface area contributed by atoms with E-state index in [-0.39, 0.29) is 18.3 Å². The Morgan fingerprint density at radius 2 is 1.53 bits per heavy atom. The molecule has 0 aliphatic carbocycles. The van der Waals surface area contributed by atoms with Crippen molar-refractivity contribution < 1.29 is 13.9 Å². The third-order valence-corrected chi connectivity index (χ3v) is 4.63. The molecule has 0 unspecified atom stereocenters. The number of nitrogens with one attached hydrogen (secondary N) is 3. The molecule has 8 nitrogen and oxygen atoms in total. The predicted molar refractivity (Wildman–Crippen MR) is 129 cm³/mol. The first-order chi connectivity index (χ1) is 16.4. The number of amides is 1. The van der Waals surface area contributed by atoms with E-state index >= 15 is 0 Å². The summed E-state index contributed by atoms with van der Waals surface area (Å²) in [5, 5.41) is 9.18. The molecule has 172 valence electrons. The molecule has 34 heavy (non-hydrogen) atoms. The molecule has 9 heteroatoms. The number of anilines is 5. The fourth-order valence-electron chi connectivity index (χ4n) is 3.09. The number of pyridine rings is 1. The lowest BCUT2D eigenvalue weighted by atomic mass is 10.2. The molecule has 0 atom stereocenters. The average Bonchev–Trinajstić information content (AvgIpc) is 2.80. The smallest absolute Gasteiger partial charge is 0.262 e. The number of ether oxygens (including phenoxy) is 1. The van der Waals surface area contributed by atoms with Crippen LogP contribution in [0.5, 0.6) is 5.75 Å². The monoisotopic (exact) mass is 458 g/mol. The highest BCUT2D eigenvalue weighted by Crippen LogP contribution is 2.21. The molecule has 0 saturated heterocycles. The van der Waals surface area contributed by atoms with Gasteiger partial charge in [0.2, 0.25) is 0 Å². The number of benzene rings is 2. The van der Waals surface area contributed by atoms with Crippen LogP contribution in [0.15, 0.2) is 72.9 Å². The molecular weight excluding hydrogens is 435 g/mol. The van der Waals surface area contributed by atoms with Crippen LogP contribution in [0.4, 0.5) is 33.2 Å². The molecule has 4 aromatic rings. The van der Waals surface area contributed by atoms with Crippen LogP contribution < -0.4 is 20.7 Å². The summed E-state index contributed by atoms with van der Waals surface area (Å²) in [5.74, 6) is 2.28. The number of halogens is 1. The Bertz CT molecular complexity index is 1280. The second-order valence-corrected chi connectivity index (χ2v) is 7.52. The lowest BCUT2D eigenvalue weighted by molar-refractivity contribution is -0.118. The van der Waals surface area contributed by atoms with Gasteiger partial charge >= 0.3 is 0 Å². The van der Waals surface area contributed by atoms with Crippen molar-refractivity contribution in [2.24, 2.45) is 0 Å². The summed E-state index contributed by atoms with van der Waals surface area (Å²) in [6.45, 7) is 3.62. The van der Waals surface area contributed by atoms with E-state index in [9.17, 15) is 9.18 Å². The van der Waals surface area contributed by atoms with Crippen LogP contribution >= 0.6 is 0 Å². The van der Waals surface area contributed by atoms with Gasteiger partial charge < -0.3 is 20.7 Å². The first-order valence-corrected chi connectivity index (χ1v) is 10.5. The Morgan fingerprint density at radius 1 is 0.853 bits per heavy atom. The van der Waals surface area contributed by atoms with E-state index in [4.69, 9.17) is 4.74 Å². The number of carbonyl (C=O) groups is 1. The number of carbonyl (C=O) groups excluding carboxylic acids is 1. The van der Waals surface area contributed by atoms with Gasteiger partial charge in [0.05, 0.1) is 0 Å². The molecular formula is C25H23FN6O2. The van der Waals surface area contributed by atoms with Crippen LogP contribution in [-0.4, -0.2) is 27.5 Å². The zero-order chi connectivity index (χ0) is 23.9. The standard InChI is InChI=1S/C25H23FN6O2/c1-16-11-12-27-22(13-16)32-24-14-23(28-17(2)29-24)30-19-5-7-20(8-6-19)31-25(33)15-34-21-9-3-18(26)4-10-21/h3-14H,15H2,1-2H3,(H,31,33)(H2,27,28,29,30,32). The predicted octanol–water partition coefficient (Wildman–Crippen LogP) is 5.13. The number of rotatable bonds is 8. The first kappa shape index (κ1) is 22.7. The minimum absolute atomic E-state index is 0.183. The molecule has 0 fully saturated rings. The van der Waals surface area contributed by atoms with Crippen molar-refractivity contribution in [3.05, 3.63) is 90.1 Å². The Balaban J connectivity index is 1.34. The number of nitrogens with zero attached hydrogens (tertiary/aromatic N) is 3. The SMILES string of the molecule is Cc1ccnc(Nc2cc(Nc3ccc(NC(=O)COc4ccc(F)cc4)cc3)nc(C)n2)c1. The average molecular weight is 458 g/mol. The molecule has 3 N–H and O–H groups in total. The Hall–Kier alpha value is -4.53. The molecule has 0 spiro atoms. The van der Waals surface area contributed by atoms with Gasteiger partial charge in [-0.2, -0.15) is 0 Å². The summed E-state index contributed by atoms with van der Waals surface area (Å²) in [5.41, 5.74) is 2.50. The van der Waals surface area contributed by atoms with E-state index in [1.807, 2.05) is 38.1 Å². The Labute approximate surface area is 196 Å². The normalized spacial score (nSPS) is 10.4. The second-order valence-electron chi connectivity index (χ2n) is 7.52. The van der Waals surface area contributed by atoms with Crippen molar-refractivity contribution in [1.29, 1.82) is 0 Å². The van der Waals surface area contributed by atoms with Crippen LogP contribution in [0.2, 0.25) is 0 Å². The van der Waals surface area contributed by atoms with Crippen LogP contribution in [0, 0.1) is 19.7 Å². The largest absolute Gasteiger partial charge is 0.484 e. The van der Waals surface area contributed by atoms with Crippen molar-refractivity contribution >= 4 is 34.7 Å². The number of hydrogen-bond donors (Lipinski definition) is 3. The molecule has 2 aromatic heterocycles. The van der Waals surface area contributed by atoms with Gasteiger partial charge in [-0.1, -0.05) is 0 Å². The summed E-state index contributed by atoms with van der Waals surface area (Å²) in [7, 11) is 0. The lowest BCUT2D eigenvalue weighted by Crippen LogP contribution is -2.20. The highest BCUT2D eigenvalue weighted by molar-refractivity contribution is 5.92. The summed E-state index contributed by atoms with van der Waals surface area (Å²) < 4.78 is 18.3. The topological polar surface area (TPSA) is 101 Å². The van der Waals surface area contributed by atoms with E-state index in [2.05, 4.69) is 30.9 Å². The number of aryl methyl sites for hydroxylation is 2. The van der Waals surface area contributed by atoms with Gasteiger partial charge in [0, 0.05) is 23.6 Å². The van der Waals surface area contributed by atoms with E-state index < -0.39 is 0 Å². The first-order valence-electron chi connectivity index (χ1n) is 10.5. The fourth-order valence-corrected chi connectivity index (χ4v) is 3.09. The molecule has 2 heterocycles. The second kappa shape index (κ2) is 10.4. The number of aromatic nitrogens is 3. The van der Waals surface area contributed by atoms with Gasteiger partial charge in [0.1, 0.15) is 34.8 Å². The van der Waals surface area contributed by atoms with Gasteiger partial charge in [-0.05, 0) is 80.1 Å². The third kappa shape index (κ3) is 6.49. The summed E-state index contributed by atoms with van der Waals surface area (Å²) in [6, 6.07) is 18.3. The van der Waals surface area contributed by atoms with Crippen molar-refractivity contribution in [3.63, 3.8) is 0 Å². The zero-order valence-corrected chi connectivity index (χ0v) is 18.7. The van der Waals surface area contributed by atoms with Crippen molar-refractivity contribution in [1.82, 2.24) is 15.0 Å². The van der Waals surface area contributed by atoms with E-state index in [1.54, 1.807) is 24.4 Å². The summed E-state index contributed by atoms with van der Waals surface area (Å²) >= 11 is 0. The molecule has 0 aliphatic heterocycles. The van der Waals surface area contributed by atoms with Crippen molar-refractivity contribution in [2.75, 3.05) is 22.6 Å². The summed E-state index contributed by atoms with van der Waals surface area (Å²) in [6.07, 6.45) is 1.74. The Morgan fingerprint density at radius 3 is 2.24 bits per heavy atom. The third-order valence-electron chi connectivity index (χ3n) is 4.63. The maximum absolute atomic E-state index is 12.9. The maximum atomic E-state index is 12.9. The van der Waals surface area contributed by atoms with E-state index in [1.165, 1.54) is 24.3 Å². The van der Waals surface area contributed by atoms with Gasteiger partial charge in [-0.3, -0.25) is 4.79 Å². The van der Waals surface area contributed by atoms with Crippen LogP contribution in [0.3, 0.4) is 0 Å². The van der Waals surface area contributed by atoms with Crippen molar-refractivity contribution in [2.45, 2.75) is 13.8 Å². The maximum Gasteiger partial charge on any atom is 0.262 e. The fraction of sp³-hybridized carbons (Fsp3) is 0.120. The van der Waals surface area contributed by atoms with Gasteiger partial charge in [-0.15, -0.1) is 0 Å². The molecule has 0 saturated carbocycles. The minimum Gasteiger partial charge on any atom is -0.484 e. The van der Waals surface area contributed by atoms with Crippen LogP contribution in [0.1, 0.15) is 11.4 Å². The minimum atomic E-state index is -0.363. The number of hydrogen-bond acceptors (Lipinski definition) is 7. The van der Waals surface area contributed by atoms with Gasteiger partial charge in [-0.25, -0.2) is 19.3 Å². The molecule has 4 rings (SSSR count). The quantitative estimate of drug-likeness (QED) is 0.336. The van der Waals surface area contributed by atoms with Crippen molar-refractivity contribution in [3.8, 4) is 5.75 Å². The molecule has 0 radical (unpaired) electrons.